The molecule has 118 valence electrons. The van der Waals surface area contributed by atoms with E-state index in [-0.39, 0.29) is 6.04 Å². The average molecular weight is 321 g/mol. The number of allylic oxidation sites excluding steroid dienone is 3. The van der Waals surface area contributed by atoms with Gasteiger partial charge in [-0.2, -0.15) is 0 Å². The van der Waals surface area contributed by atoms with Crippen molar-refractivity contribution in [2.45, 2.75) is 24.3 Å². The zero-order chi connectivity index (χ0) is 16.5. The number of nitrogens with one attached hydrogen (secondary N) is 1. The number of hydrogen-bond acceptors (Lipinski definition) is 2. The third-order valence-corrected chi connectivity index (χ3v) is 4.49. The Morgan fingerprint density at radius 1 is 1.09 bits per heavy atom. The molecule has 1 unspecified atom stereocenters. The van der Waals surface area contributed by atoms with Crippen LogP contribution in [0.5, 0.6) is 0 Å². The summed E-state index contributed by atoms with van der Waals surface area (Å²) in [7, 11) is 0. The molecule has 0 aromatic heterocycles. The van der Waals surface area contributed by atoms with E-state index in [1.807, 2.05) is 24.3 Å². The van der Waals surface area contributed by atoms with Crippen molar-refractivity contribution in [1.29, 1.82) is 0 Å². The van der Waals surface area contributed by atoms with E-state index < -0.39 is 0 Å². The minimum absolute atomic E-state index is 0.215. The lowest BCUT2D eigenvalue weighted by atomic mass is 9.99. The van der Waals surface area contributed by atoms with Crippen molar-refractivity contribution in [2.24, 2.45) is 0 Å². The predicted molar refractivity (Wildman–Crippen MR) is 102 cm³/mol. The molecule has 2 aromatic carbocycles. The van der Waals surface area contributed by atoms with Crippen LogP contribution >= 0.6 is 11.9 Å². The fourth-order valence-corrected chi connectivity index (χ4v) is 3.03. The summed E-state index contributed by atoms with van der Waals surface area (Å²) in [6, 6.07) is 19.3. The van der Waals surface area contributed by atoms with Crippen molar-refractivity contribution < 1.29 is 0 Å². The SMILES string of the molecule is C=C/C=C(\C=C)CC(NSc1ccc(C)cc1)c1ccccc1. The predicted octanol–water partition coefficient (Wildman–Crippen LogP) is 6.02. The Kier molecular flexibility index (Phi) is 6.92. The molecule has 0 spiro atoms. The van der Waals surface area contributed by atoms with Gasteiger partial charge in [-0.25, -0.2) is 0 Å². The van der Waals surface area contributed by atoms with Crippen LogP contribution in [-0.4, -0.2) is 0 Å². The van der Waals surface area contributed by atoms with Crippen molar-refractivity contribution in [1.82, 2.24) is 4.72 Å². The van der Waals surface area contributed by atoms with Crippen molar-refractivity contribution in [3.8, 4) is 0 Å². The Labute approximate surface area is 144 Å². The molecule has 0 fully saturated rings. The molecule has 0 saturated carbocycles. The number of rotatable bonds is 8. The van der Waals surface area contributed by atoms with Crippen LogP contribution in [0.2, 0.25) is 0 Å². The van der Waals surface area contributed by atoms with Gasteiger partial charge in [0, 0.05) is 10.9 Å². The van der Waals surface area contributed by atoms with Crippen LogP contribution in [0.25, 0.3) is 0 Å². The molecule has 1 nitrogen and oxygen atoms in total. The molecule has 0 heterocycles. The average Bonchev–Trinajstić information content (AvgIpc) is 2.60. The molecule has 23 heavy (non-hydrogen) atoms. The maximum absolute atomic E-state index is 3.90. The lowest BCUT2D eigenvalue weighted by molar-refractivity contribution is 0.675. The number of benzene rings is 2. The number of aryl methyl sites for hydroxylation is 1. The van der Waals surface area contributed by atoms with E-state index in [4.69, 9.17) is 0 Å². The Balaban J connectivity index is 2.13. The maximum atomic E-state index is 3.90. The maximum Gasteiger partial charge on any atom is 0.0465 e. The van der Waals surface area contributed by atoms with Gasteiger partial charge >= 0.3 is 0 Å². The summed E-state index contributed by atoms with van der Waals surface area (Å²) in [5, 5.41) is 0. The minimum Gasteiger partial charge on any atom is -0.252 e. The monoisotopic (exact) mass is 321 g/mol. The van der Waals surface area contributed by atoms with Crippen molar-refractivity contribution in [2.75, 3.05) is 0 Å². The first kappa shape index (κ1) is 17.3. The molecule has 0 amide bonds. The standard InChI is InChI=1S/C21H23NS/c1-4-9-18(5-2)16-21(19-10-7-6-8-11-19)22-23-20-14-12-17(3)13-15-20/h4-15,21-22H,1-2,16H2,3H3/b18-9+. The summed E-state index contributed by atoms with van der Waals surface area (Å²) in [4.78, 5) is 1.21. The molecule has 0 aliphatic rings. The topological polar surface area (TPSA) is 12.0 Å². The molecule has 2 aromatic rings. The molecule has 2 heteroatoms. The number of hydrogen-bond donors (Lipinski definition) is 1. The van der Waals surface area contributed by atoms with E-state index in [0.29, 0.717) is 0 Å². The molecular formula is C21H23NS. The summed E-state index contributed by atoms with van der Waals surface area (Å²) in [6.07, 6.45) is 6.60. The van der Waals surface area contributed by atoms with E-state index >= 15 is 0 Å². The molecular weight excluding hydrogens is 298 g/mol. The van der Waals surface area contributed by atoms with E-state index in [1.54, 1.807) is 11.9 Å². The van der Waals surface area contributed by atoms with Crippen molar-refractivity contribution in [3.63, 3.8) is 0 Å². The van der Waals surface area contributed by atoms with Gasteiger partial charge in [0.15, 0.2) is 0 Å². The molecule has 1 atom stereocenters. The van der Waals surface area contributed by atoms with E-state index in [9.17, 15) is 0 Å². The second-order valence-corrected chi connectivity index (χ2v) is 6.29. The van der Waals surface area contributed by atoms with Crippen LogP contribution in [0.15, 0.2) is 96.5 Å². The summed E-state index contributed by atoms with van der Waals surface area (Å²) in [5.74, 6) is 0. The normalized spacial score (nSPS) is 12.7. The Morgan fingerprint density at radius 2 is 1.78 bits per heavy atom. The first-order valence-electron chi connectivity index (χ1n) is 7.71. The van der Waals surface area contributed by atoms with Crippen molar-refractivity contribution in [3.05, 3.63) is 103 Å². The Bertz CT molecular complexity index is 656. The van der Waals surface area contributed by atoms with E-state index in [2.05, 4.69) is 73.3 Å². The van der Waals surface area contributed by atoms with Gasteiger partial charge in [0.25, 0.3) is 0 Å². The van der Waals surface area contributed by atoms with E-state index in [0.717, 1.165) is 6.42 Å². The first-order valence-corrected chi connectivity index (χ1v) is 8.52. The van der Waals surface area contributed by atoms with Gasteiger partial charge in [-0.1, -0.05) is 79.4 Å². The summed E-state index contributed by atoms with van der Waals surface area (Å²) >= 11 is 1.67. The highest BCUT2D eigenvalue weighted by molar-refractivity contribution is 7.97. The second kappa shape index (κ2) is 9.19. The lowest BCUT2D eigenvalue weighted by Crippen LogP contribution is -2.14. The smallest absolute Gasteiger partial charge is 0.0465 e. The van der Waals surface area contributed by atoms with Gasteiger partial charge in [-0.3, -0.25) is 4.72 Å². The summed E-state index contributed by atoms with van der Waals surface area (Å²) < 4.78 is 3.59. The lowest BCUT2D eigenvalue weighted by Gasteiger charge is -2.19. The van der Waals surface area contributed by atoms with Crippen LogP contribution in [0.3, 0.4) is 0 Å². The third-order valence-electron chi connectivity index (χ3n) is 3.58. The van der Waals surface area contributed by atoms with E-state index in [1.165, 1.54) is 21.6 Å². The highest BCUT2D eigenvalue weighted by atomic mass is 32.2. The fraction of sp³-hybridized carbons (Fsp3) is 0.143. The van der Waals surface area contributed by atoms with Crippen LogP contribution < -0.4 is 4.72 Å². The van der Waals surface area contributed by atoms with Gasteiger partial charge in [0.2, 0.25) is 0 Å². The highest BCUT2D eigenvalue weighted by Crippen LogP contribution is 2.26. The molecule has 0 aliphatic heterocycles. The van der Waals surface area contributed by atoms with Gasteiger partial charge < -0.3 is 0 Å². The van der Waals surface area contributed by atoms with Crippen LogP contribution in [-0.2, 0) is 0 Å². The molecule has 0 aliphatic carbocycles. The zero-order valence-corrected chi connectivity index (χ0v) is 14.4. The van der Waals surface area contributed by atoms with Crippen LogP contribution in [0.4, 0.5) is 0 Å². The summed E-state index contributed by atoms with van der Waals surface area (Å²) in [6.45, 7) is 9.79. The van der Waals surface area contributed by atoms with Crippen LogP contribution in [0.1, 0.15) is 23.6 Å². The second-order valence-electron chi connectivity index (χ2n) is 5.38. The Morgan fingerprint density at radius 3 is 2.39 bits per heavy atom. The molecule has 0 bridgehead atoms. The van der Waals surface area contributed by atoms with Crippen LogP contribution in [0, 0.1) is 6.92 Å². The molecule has 1 N–H and O–H groups in total. The molecule has 0 saturated heterocycles. The molecule has 0 radical (unpaired) electrons. The Hall–Kier alpha value is -2.03. The zero-order valence-electron chi connectivity index (χ0n) is 13.5. The third kappa shape index (κ3) is 5.59. The van der Waals surface area contributed by atoms with Gasteiger partial charge in [-0.05, 0) is 48.6 Å². The highest BCUT2D eigenvalue weighted by Gasteiger charge is 2.12. The van der Waals surface area contributed by atoms with Gasteiger partial charge in [-0.15, -0.1) is 0 Å². The largest absolute Gasteiger partial charge is 0.252 e. The van der Waals surface area contributed by atoms with Gasteiger partial charge in [0.1, 0.15) is 0 Å². The first-order chi connectivity index (χ1) is 11.2. The molecule has 2 rings (SSSR count). The summed E-state index contributed by atoms with van der Waals surface area (Å²) in [5.41, 5.74) is 3.71. The van der Waals surface area contributed by atoms with Crippen molar-refractivity contribution >= 4 is 11.9 Å². The minimum atomic E-state index is 0.215. The quantitative estimate of drug-likeness (QED) is 0.471. The fourth-order valence-electron chi connectivity index (χ4n) is 2.26. The van der Waals surface area contributed by atoms with Gasteiger partial charge in [0.05, 0.1) is 0 Å².